The van der Waals surface area contributed by atoms with Gasteiger partial charge in [0.25, 0.3) is 0 Å². The van der Waals surface area contributed by atoms with Gasteiger partial charge in [-0.25, -0.2) is 0 Å². The average Bonchev–Trinajstić information content (AvgIpc) is 2.40. The highest BCUT2D eigenvalue weighted by Crippen LogP contribution is 2.44. The van der Waals surface area contributed by atoms with Crippen molar-refractivity contribution >= 4 is 0 Å². The van der Waals surface area contributed by atoms with Gasteiger partial charge >= 0.3 is 6.11 Å². The number of aliphatic hydroxyl groups is 1. The fraction of sp³-hybridized carbons (Fsp3) is 0.733. The monoisotopic (exact) mass is 294 g/mol. The molecule has 5 heteroatoms. The van der Waals surface area contributed by atoms with Gasteiger partial charge in [-0.1, -0.05) is 32.9 Å². The van der Waals surface area contributed by atoms with E-state index in [0.29, 0.717) is 6.42 Å². The summed E-state index contributed by atoms with van der Waals surface area (Å²) in [6.45, 7) is 9.37. The maximum Gasteiger partial charge on any atom is 0.388 e. The molecule has 0 aromatic rings. The molecule has 0 aliphatic heterocycles. The Morgan fingerprint density at radius 1 is 1.40 bits per heavy atom. The highest BCUT2D eigenvalue weighted by atomic mass is 19.3. The Balaban J connectivity index is 5.37. The second-order valence-electron chi connectivity index (χ2n) is 4.78. The third kappa shape index (κ3) is 4.09. The van der Waals surface area contributed by atoms with Gasteiger partial charge in [0.1, 0.15) is 0 Å². The zero-order chi connectivity index (χ0) is 15.8. The van der Waals surface area contributed by atoms with Gasteiger partial charge in [-0.15, -0.1) is 6.58 Å². The molecule has 0 rings (SSSR count). The Labute approximate surface area is 119 Å². The first-order valence-electron chi connectivity index (χ1n) is 6.92. The highest BCUT2D eigenvalue weighted by molar-refractivity contribution is 5.21. The Bertz CT molecular complexity index is 318. The number of halogens is 3. The van der Waals surface area contributed by atoms with Crippen LogP contribution in [0, 0.1) is 5.92 Å². The summed E-state index contributed by atoms with van der Waals surface area (Å²) in [5.41, 5.74) is -2.51. The number of ether oxygens (including phenoxy) is 1. The lowest BCUT2D eigenvalue weighted by Gasteiger charge is -2.41. The van der Waals surface area contributed by atoms with Crippen LogP contribution in [0.25, 0.3) is 0 Å². The summed E-state index contributed by atoms with van der Waals surface area (Å²) >= 11 is 0. The highest BCUT2D eigenvalue weighted by Gasteiger charge is 2.58. The van der Waals surface area contributed by atoms with Gasteiger partial charge in [-0.2, -0.15) is 8.78 Å². The van der Waals surface area contributed by atoms with Crippen LogP contribution in [0.2, 0.25) is 0 Å². The summed E-state index contributed by atoms with van der Waals surface area (Å²) in [5, 5.41) is 10.6. The van der Waals surface area contributed by atoms with E-state index in [1.165, 1.54) is 6.08 Å². The van der Waals surface area contributed by atoms with Crippen LogP contribution >= 0.6 is 0 Å². The first kappa shape index (κ1) is 19.2. The van der Waals surface area contributed by atoms with E-state index in [-0.39, 0.29) is 24.8 Å². The van der Waals surface area contributed by atoms with Crippen LogP contribution in [-0.2, 0) is 4.74 Å². The second-order valence-corrected chi connectivity index (χ2v) is 4.78. The maximum absolute atomic E-state index is 14.3. The largest absolute Gasteiger partial charge is 0.388 e. The molecular weight excluding hydrogens is 269 g/mol. The van der Waals surface area contributed by atoms with Crippen LogP contribution in [0.1, 0.15) is 39.5 Å². The number of rotatable bonds is 11. The summed E-state index contributed by atoms with van der Waals surface area (Å²) in [6, 6.07) is 0. The topological polar surface area (TPSA) is 29.5 Å². The molecule has 2 atom stereocenters. The van der Waals surface area contributed by atoms with Crippen molar-refractivity contribution in [3.05, 3.63) is 24.8 Å². The zero-order valence-electron chi connectivity index (χ0n) is 12.3. The van der Waals surface area contributed by atoms with Crippen molar-refractivity contribution < 1.29 is 23.0 Å². The zero-order valence-corrected chi connectivity index (χ0v) is 12.3. The Kier molecular flexibility index (Phi) is 8.13. The number of alkyl halides is 3. The SMILES string of the molecule is C=CC(CC)C(O)(C(=C)CCC)C(F)(F)OCCCF. The van der Waals surface area contributed by atoms with E-state index in [9.17, 15) is 18.3 Å². The van der Waals surface area contributed by atoms with Gasteiger partial charge in [0.2, 0.25) is 0 Å². The van der Waals surface area contributed by atoms with Crippen molar-refractivity contribution in [2.45, 2.75) is 51.2 Å². The molecule has 0 fully saturated rings. The van der Waals surface area contributed by atoms with E-state index in [0.717, 1.165) is 0 Å². The van der Waals surface area contributed by atoms with Gasteiger partial charge < -0.3 is 9.84 Å². The lowest BCUT2D eigenvalue weighted by atomic mass is 9.77. The molecule has 0 heterocycles. The predicted molar refractivity (Wildman–Crippen MR) is 74.5 cm³/mol. The average molecular weight is 294 g/mol. The van der Waals surface area contributed by atoms with Crippen LogP contribution < -0.4 is 0 Å². The van der Waals surface area contributed by atoms with Crippen molar-refractivity contribution in [1.82, 2.24) is 0 Å². The molecule has 0 aliphatic rings. The fourth-order valence-electron chi connectivity index (χ4n) is 2.17. The molecule has 118 valence electrons. The molecule has 0 aromatic heterocycles. The van der Waals surface area contributed by atoms with E-state index in [4.69, 9.17) is 0 Å². The van der Waals surface area contributed by atoms with Gasteiger partial charge in [0, 0.05) is 5.92 Å². The van der Waals surface area contributed by atoms with Crippen molar-refractivity contribution in [2.75, 3.05) is 13.3 Å². The van der Waals surface area contributed by atoms with Gasteiger partial charge in [-0.05, 0) is 24.8 Å². The molecule has 0 amide bonds. The van der Waals surface area contributed by atoms with E-state index >= 15 is 0 Å². The van der Waals surface area contributed by atoms with Crippen molar-refractivity contribution in [1.29, 1.82) is 0 Å². The van der Waals surface area contributed by atoms with Gasteiger partial charge in [0.05, 0.1) is 13.3 Å². The molecular formula is C15H25F3O2. The summed E-state index contributed by atoms with van der Waals surface area (Å²) in [5.74, 6) is -0.887. The molecule has 2 unspecified atom stereocenters. The number of hydrogen-bond acceptors (Lipinski definition) is 2. The Hall–Kier alpha value is -0.810. The van der Waals surface area contributed by atoms with Crippen LogP contribution in [-0.4, -0.2) is 30.1 Å². The summed E-state index contributed by atoms with van der Waals surface area (Å²) in [6.07, 6.45) is -1.59. The summed E-state index contributed by atoms with van der Waals surface area (Å²) < 4.78 is 45.0. The van der Waals surface area contributed by atoms with Gasteiger partial charge in [0.15, 0.2) is 5.60 Å². The summed E-state index contributed by atoms with van der Waals surface area (Å²) in [7, 11) is 0. The van der Waals surface area contributed by atoms with E-state index < -0.39 is 30.9 Å². The molecule has 0 saturated heterocycles. The van der Waals surface area contributed by atoms with Crippen LogP contribution in [0.15, 0.2) is 24.8 Å². The standard InChI is InChI=1S/C15H25F3O2/c1-5-9-12(4)14(19,13(6-2)7-3)15(17,18)20-11-8-10-16/h6,13,19H,2,4-5,7-11H2,1,3H3. The molecule has 0 aliphatic carbocycles. The van der Waals surface area contributed by atoms with Gasteiger partial charge in [-0.3, -0.25) is 4.39 Å². The third-order valence-corrected chi connectivity index (χ3v) is 3.36. The minimum atomic E-state index is -3.83. The normalized spacial score (nSPS) is 16.5. The molecule has 0 saturated carbocycles. The molecule has 20 heavy (non-hydrogen) atoms. The minimum absolute atomic E-state index is 0.0111. The smallest absolute Gasteiger partial charge is 0.376 e. The van der Waals surface area contributed by atoms with Crippen LogP contribution in [0.3, 0.4) is 0 Å². The van der Waals surface area contributed by atoms with Crippen molar-refractivity contribution in [3.63, 3.8) is 0 Å². The second kappa shape index (κ2) is 8.47. The van der Waals surface area contributed by atoms with Crippen molar-refractivity contribution in [3.8, 4) is 0 Å². The Morgan fingerprint density at radius 3 is 2.40 bits per heavy atom. The molecule has 0 bridgehead atoms. The maximum atomic E-state index is 14.3. The third-order valence-electron chi connectivity index (χ3n) is 3.36. The minimum Gasteiger partial charge on any atom is -0.376 e. The van der Waals surface area contributed by atoms with Crippen LogP contribution in [0.4, 0.5) is 13.2 Å². The first-order chi connectivity index (χ1) is 9.31. The quantitative estimate of drug-likeness (QED) is 0.456. The molecule has 0 aromatic carbocycles. The van der Waals surface area contributed by atoms with Crippen LogP contribution in [0.5, 0.6) is 0 Å². The molecule has 0 spiro atoms. The van der Waals surface area contributed by atoms with E-state index in [2.05, 4.69) is 17.9 Å². The fourth-order valence-corrected chi connectivity index (χ4v) is 2.17. The first-order valence-corrected chi connectivity index (χ1v) is 6.92. The lowest BCUT2D eigenvalue weighted by molar-refractivity contribution is -0.328. The Morgan fingerprint density at radius 2 is 2.00 bits per heavy atom. The molecule has 1 N–H and O–H groups in total. The van der Waals surface area contributed by atoms with E-state index in [1.807, 2.05) is 6.92 Å². The molecule has 2 nitrogen and oxygen atoms in total. The van der Waals surface area contributed by atoms with E-state index in [1.54, 1.807) is 6.92 Å². The molecule has 0 radical (unpaired) electrons. The number of hydrogen-bond donors (Lipinski definition) is 1. The lowest BCUT2D eigenvalue weighted by Crippen LogP contribution is -2.56. The van der Waals surface area contributed by atoms with Crippen molar-refractivity contribution in [2.24, 2.45) is 5.92 Å². The predicted octanol–water partition coefficient (Wildman–Crippen LogP) is 4.26. The summed E-state index contributed by atoms with van der Waals surface area (Å²) in [4.78, 5) is 0.